The van der Waals surface area contributed by atoms with Gasteiger partial charge in [0.05, 0.1) is 5.75 Å². The fraction of sp³-hybridized carbons (Fsp3) is 0.0625. The van der Waals surface area contributed by atoms with E-state index in [1.165, 1.54) is 0 Å². The predicted octanol–water partition coefficient (Wildman–Crippen LogP) is 2.88. The van der Waals surface area contributed by atoms with Gasteiger partial charge in [-0.1, -0.05) is 42.1 Å². The lowest BCUT2D eigenvalue weighted by molar-refractivity contribution is -0.117. The molecule has 0 bridgehead atoms. The second kappa shape index (κ2) is 6.44. The van der Waals surface area contributed by atoms with Gasteiger partial charge in [-0.05, 0) is 24.3 Å². The van der Waals surface area contributed by atoms with Crippen LogP contribution in [0.5, 0.6) is 0 Å². The van der Waals surface area contributed by atoms with Crippen LogP contribution in [0.15, 0.2) is 64.2 Å². The van der Waals surface area contributed by atoms with Crippen molar-refractivity contribution in [2.75, 3.05) is 5.75 Å². The Kier molecular flexibility index (Phi) is 4.20. The average molecular weight is 312 g/mol. The molecule has 0 radical (unpaired) electrons. The number of para-hydroxylation sites is 2. The van der Waals surface area contributed by atoms with Crippen molar-refractivity contribution in [1.29, 1.82) is 0 Å². The van der Waals surface area contributed by atoms with Crippen LogP contribution < -0.4 is 5.32 Å². The largest absolute Gasteiger partial charge is 0.431 e. The molecule has 5 nitrogen and oxygen atoms in total. The lowest BCUT2D eigenvalue weighted by Crippen LogP contribution is -2.31. The number of aromatic nitrogens is 1. The molecule has 2 amide bonds. The van der Waals surface area contributed by atoms with E-state index >= 15 is 0 Å². The lowest BCUT2D eigenvalue weighted by atomic mass is 10.2. The lowest BCUT2D eigenvalue weighted by Gasteiger charge is -2.02. The van der Waals surface area contributed by atoms with Gasteiger partial charge in [-0.25, -0.2) is 4.98 Å². The minimum Gasteiger partial charge on any atom is -0.431 e. The van der Waals surface area contributed by atoms with Crippen molar-refractivity contribution in [1.82, 2.24) is 10.3 Å². The number of benzene rings is 2. The molecule has 1 aromatic heterocycles. The number of rotatable bonds is 4. The molecule has 0 fully saturated rings. The van der Waals surface area contributed by atoms with Gasteiger partial charge in [0.15, 0.2) is 5.58 Å². The van der Waals surface area contributed by atoms with Crippen molar-refractivity contribution in [2.24, 2.45) is 0 Å². The molecule has 3 rings (SSSR count). The molecule has 0 saturated heterocycles. The molecule has 110 valence electrons. The number of amides is 2. The van der Waals surface area contributed by atoms with Crippen LogP contribution in [0.1, 0.15) is 10.4 Å². The van der Waals surface area contributed by atoms with Crippen molar-refractivity contribution in [3.05, 3.63) is 60.2 Å². The van der Waals surface area contributed by atoms with Gasteiger partial charge in [0.1, 0.15) is 5.52 Å². The SMILES string of the molecule is O=C(CSc1nc2ccccc2o1)NC(=O)c1ccccc1. The molecule has 22 heavy (non-hydrogen) atoms. The van der Waals surface area contributed by atoms with Crippen LogP contribution in [0.3, 0.4) is 0 Å². The number of thioether (sulfide) groups is 1. The molecule has 3 aromatic rings. The number of oxazole rings is 1. The van der Waals surface area contributed by atoms with Crippen LogP contribution in [0, 0.1) is 0 Å². The zero-order chi connectivity index (χ0) is 15.4. The van der Waals surface area contributed by atoms with Gasteiger partial charge < -0.3 is 4.42 Å². The van der Waals surface area contributed by atoms with Gasteiger partial charge in [-0.15, -0.1) is 0 Å². The highest BCUT2D eigenvalue weighted by molar-refractivity contribution is 7.99. The van der Waals surface area contributed by atoms with Gasteiger partial charge in [-0.2, -0.15) is 0 Å². The third kappa shape index (κ3) is 3.35. The maximum atomic E-state index is 11.8. The fourth-order valence-electron chi connectivity index (χ4n) is 1.86. The van der Waals surface area contributed by atoms with E-state index in [0.717, 1.165) is 17.3 Å². The Labute approximate surface area is 130 Å². The van der Waals surface area contributed by atoms with Crippen LogP contribution in [-0.2, 0) is 4.79 Å². The van der Waals surface area contributed by atoms with Crippen molar-refractivity contribution >= 4 is 34.7 Å². The molecule has 0 spiro atoms. The summed E-state index contributed by atoms with van der Waals surface area (Å²) in [6.45, 7) is 0. The second-order valence-corrected chi connectivity index (χ2v) is 5.41. The van der Waals surface area contributed by atoms with E-state index in [0.29, 0.717) is 16.4 Å². The summed E-state index contributed by atoms with van der Waals surface area (Å²) in [5.41, 5.74) is 1.86. The molecule has 1 N–H and O–H groups in total. The Morgan fingerprint density at radius 1 is 1.05 bits per heavy atom. The summed E-state index contributed by atoms with van der Waals surface area (Å²) >= 11 is 1.15. The van der Waals surface area contributed by atoms with Crippen molar-refractivity contribution in [2.45, 2.75) is 5.22 Å². The first-order chi connectivity index (χ1) is 10.7. The maximum Gasteiger partial charge on any atom is 0.257 e. The predicted molar refractivity (Wildman–Crippen MR) is 83.6 cm³/mol. The van der Waals surface area contributed by atoms with Crippen LogP contribution in [0.2, 0.25) is 0 Å². The minimum absolute atomic E-state index is 0.0609. The number of nitrogens with zero attached hydrogens (tertiary/aromatic N) is 1. The molecule has 0 saturated carbocycles. The van der Waals surface area contributed by atoms with E-state index in [9.17, 15) is 9.59 Å². The fourth-order valence-corrected chi connectivity index (χ4v) is 2.50. The summed E-state index contributed by atoms with van der Waals surface area (Å²) in [7, 11) is 0. The maximum absolute atomic E-state index is 11.8. The van der Waals surface area contributed by atoms with Crippen LogP contribution in [0.4, 0.5) is 0 Å². The number of hydrogen-bond acceptors (Lipinski definition) is 5. The number of hydrogen-bond donors (Lipinski definition) is 1. The summed E-state index contributed by atoms with van der Waals surface area (Å²) < 4.78 is 5.49. The summed E-state index contributed by atoms with van der Waals surface area (Å²) in [6.07, 6.45) is 0. The second-order valence-electron chi connectivity index (χ2n) is 4.48. The summed E-state index contributed by atoms with van der Waals surface area (Å²) in [5.74, 6) is -0.740. The quantitative estimate of drug-likeness (QED) is 0.750. The van der Waals surface area contributed by atoms with Gasteiger partial charge >= 0.3 is 0 Å². The highest BCUT2D eigenvalue weighted by Crippen LogP contribution is 2.22. The van der Waals surface area contributed by atoms with Crippen molar-refractivity contribution in [3.8, 4) is 0 Å². The Bertz CT molecular complexity index is 781. The molecule has 0 unspecified atom stereocenters. The number of carbonyl (C=O) groups excluding carboxylic acids is 2. The van der Waals surface area contributed by atoms with E-state index in [1.807, 2.05) is 30.3 Å². The smallest absolute Gasteiger partial charge is 0.257 e. The van der Waals surface area contributed by atoms with E-state index in [-0.39, 0.29) is 11.7 Å². The van der Waals surface area contributed by atoms with Crippen LogP contribution in [-0.4, -0.2) is 22.6 Å². The molecule has 0 atom stereocenters. The first-order valence-electron chi connectivity index (χ1n) is 6.60. The third-order valence-corrected chi connectivity index (χ3v) is 3.72. The number of nitrogens with one attached hydrogen (secondary N) is 1. The van der Waals surface area contributed by atoms with E-state index in [4.69, 9.17) is 4.42 Å². The van der Waals surface area contributed by atoms with Crippen molar-refractivity contribution < 1.29 is 14.0 Å². The first-order valence-corrected chi connectivity index (χ1v) is 7.58. The summed E-state index contributed by atoms with van der Waals surface area (Å²) in [5, 5.41) is 2.74. The summed E-state index contributed by atoms with van der Waals surface area (Å²) in [6, 6.07) is 16.0. The Balaban J connectivity index is 1.57. The number of fused-ring (bicyclic) bond motifs is 1. The Hall–Kier alpha value is -2.60. The minimum atomic E-state index is -0.413. The topological polar surface area (TPSA) is 72.2 Å². The van der Waals surface area contributed by atoms with Crippen LogP contribution in [0.25, 0.3) is 11.1 Å². The van der Waals surface area contributed by atoms with Gasteiger partial charge in [0.25, 0.3) is 11.1 Å². The standard InChI is InChI=1S/C16H12N2O3S/c19-14(18-15(20)11-6-2-1-3-7-11)10-22-16-17-12-8-4-5-9-13(12)21-16/h1-9H,10H2,(H,18,19,20). The first kappa shape index (κ1) is 14.3. The molecule has 0 aliphatic rings. The Morgan fingerprint density at radius 2 is 1.77 bits per heavy atom. The third-order valence-electron chi connectivity index (χ3n) is 2.89. The van der Waals surface area contributed by atoms with Crippen LogP contribution >= 0.6 is 11.8 Å². The Morgan fingerprint density at radius 3 is 2.55 bits per heavy atom. The van der Waals surface area contributed by atoms with E-state index in [2.05, 4.69) is 10.3 Å². The molecule has 2 aromatic carbocycles. The highest BCUT2D eigenvalue weighted by Gasteiger charge is 2.12. The molecule has 0 aliphatic heterocycles. The normalized spacial score (nSPS) is 10.5. The molecule has 0 aliphatic carbocycles. The zero-order valence-corrected chi connectivity index (χ0v) is 12.3. The van der Waals surface area contributed by atoms with E-state index < -0.39 is 5.91 Å². The van der Waals surface area contributed by atoms with Gasteiger partial charge in [-0.3, -0.25) is 14.9 Å². The van der Waals surface area contributed by atoms with Crippen molar-refractivity contribution in [3.63, 3.8) is 0 Å². The van der Waals surface area contributed by atoms with E-state index in [1.54, 1.807) is 24.3 Å². The molecular formula is C16H12N2O3S. The molecule has 6 heteroatoms. The molecule has 1 heterocycles. The average Bonchev–Trinajstić information content (AvgIpc) is 2.96. The van der Waals surface area contributed by atoms with Gasteiger partial charge in [0, 0.05) is 5.56 Å². The zero-order valence-electron chi connectivity index (χ0n) is 11.5. The number of carbonyl (C=O) groups is 2. The number of imide groups is 1. The van der Waals surface area contributed by atoms with Gasteiger partial charge in [0.2, 0.25) is 5.91 Å². The summed E-state index contributed by atoms with van der Waals surface area (Å²) in [4.78, 5) is 27.9. The molecular weight excluding hydrogens is 300 g/mol. The monoisotopic (exact) mass is 312 g/mol. The highest BCUT2D eigenvalue weighted by atomic mass is 32.2.